The van der Waals surface area contributed by atoms with E-state index in [0.717, 1.165) is 37.3 Å². The lowest BCUT2D eigenvalue weighted by Gasteiger charge is -2.29. The SMILES string of the molecule is COCCNc1ncccc1-c1noc(C2CCCN2CC(C)(C)C)n1. The van der Waals surface area contributed by atoms with E-state index in [9.17, 15) is 0 Å². The molecular formula is C19H29N5O2. The first-order chi connectivity index (χ1) is 12.5. The molecule has 7 heteroatoms. The first kappa shape index (κ1) is 18.8. The number of hydrogen-bond acceptors (Lipinski definition) is 7. The average molecular weight is 359 g/mol. The summed E-state index contributed by atoms with van der Waals surface area (Å²) in [5.74, 6) is 2.03. The predicted molar refractivity (Wildman–Crippen MR) is 101 cm³/mol. The highest BCUT2D eigenvalue weighted by Gasteiger charge is 2.33. The molecule has 1 unspecified atom stereocenters. The van der Waals surface area contributed by atoms with Crippen LogP contribution in [0.5, 0.6) is 0 Å². The highest BCUT2D eigenvalue weighted by molar-refractivity contribution is 5.69. The Morgan fingerprint density at radius 2 is 2.23 bits per heavy atom. The van der Waals surface area contributed by atoms with E-state index in [1.165, 1.54) is 0 Å². The maximum atomic E-state index is 5.65. The molecule has 3 rings (SSSR count). The summed E-state index contributed by atoms with van der Waals surface area (Å²) in [6.45, 7) is 10.2. The van der Waals surface area contributed by atoms with Crippen molar-refractivity contribution in [3.8, 4) is 11.4 Å². The number of aromatic nitrogens is 3. The van der Waals surface area contributed by atoms with Gasteiger partial charge in [0.2, 0.25) is 11.7 Å². The Kier molecular flexibility index (Phi) is 5.88. The molecule has 0 aliphatic carbocycles. The molecule has 1 saturated heterocycles. The summed E-state index contributed by atoms with van der Waals surface area (Å²) in [4.78, 5) is 11.6. The molecule has 0 spiro atoms. The number of rotatable bonds is 7. The Labute approximate surface area is 155 Å². The zero-order valence-electron chi connectivity index (χ0n) is 16.2. The highest BCUT2D eigenvalue weighted by atomic mass is 16.5. The van der Waals surface area contributed by atoms with Gasteiger partial charge in [-0.1, -0.05) is 25.9 Å². The molecule has 26 heavy (non-hydrogen) atoms. The molecule has 1 N–H and O–H groups in total. The highest BCUT2D eigenvalue weighted by Crippen LogP contribution is 2.34. The van der Waals surface area contributed by atoms with Crippen LogP contribution >= 0.6 is 0 Å². The normalized spacial score (nSPS) is 18.4. The minimum Gasteiger partial charge on any atom is -0.383 e. The predicted octanol–water partition coefficient (Wildman–Crippen LogP) is 3.37. The average Bonchev–Trinajstić information content (AvgIpc) is 3.23. The molecule has 1 fully saturated rings. The number of likely N-dealkylation sites (tertiary alicyclic amines) is 1. The van der Waals surface area contributed by atoms with E-state index in [1.807, 2.05) is 12.1 Å². The van der Waals surface area contributed by atoms with Crippen molar-refractivity contribution >= 4 is 5.82 Å². The molecule has 0 radical (unpaired) electrons. The molecule has 1 aliphatic rings. The van der Waals surface area contributed by atoms with E-state index in [1.54, 1.807) is 13.3 Å². The van der Waals surface area contributed by atoms with Crippen LogP contribution in [-0.2, 0) is 4.74 Å². The Bertz CT molecular complexity index is 710. The van der Waals surface area contributed by atoms with Crippen molar-refractivity contribution in [1.82, 2.24) is 20.0 Å². The van der Waals surface area contributed by atoms with E-state index < -0.39 is 0 Å². The summed E-state index contributed by atoms with van der Waals surface area (Å²) in [6.07, 6.45) is 3.97. The third kappa shape index (κ3) is 4.59. The lowest BCUT2D eigenvalue weighted by molar-refractivity contribution is 0.153. The van der Waals surface area contributed by atoms with E-state index in [0.29, 0.717) is 24.9 Å². The largest absolute Gasteiger partial charge is 0.383 e. The van der Waals surface area contributed by atoms with E-state index >= 15 is 0 Å². The van der Waals surface area contributed by atoms with Gasteiger partial charge >= 0.3 is 0 Å². The van der Waals surface area contributed by atoms with Gasteiger partial charge in [-0.25, -0.2) is 4.98 Å². The molecule has 0 amide bonds. The summed E-state index contributed by atoms with van der Waals surface area (Å²) in [5.41, 5.74) is 1.09. The number of hydrogen-bond donors (Lipinski definition) is 1. The molecular weight excluding hydrogens is 330 g/mol. The standard InChI is InChI=1S/C19H29N5O2/c1-19(2,3)13-24-11-6-8-15(24)18-22-17(23-26-18)14-7-5-9-20-16(14)21-10-12-25-4/h5,7,9,15H,6,8,10-13H2,1-4H3,(H,20,21). The monoisotopic (exact) mass is 359 g/mol. The first-order valence-corrected chi connectivity index (χ1v) is 9.24. The maximum Gasteiger partial charge on any atom is 0.244 e. The van der Waals surface area contributed by atoms with Gasteiger partial charge in [0, 0.05) is 26.4 Å². The molecule has 3 heterocycles. The van der Waals surface area contributed by atoms with Crippen LogP contribution in [0.25, 0.3) is 11.4 Å². The zero-order valence-corrected chi connectivity index (χ0v) is 16.2. The van der Waals surface area contributed by atoms with E-state index in [2.05, 4.69) is 41.1 Å². The molecule has 1 atom stereocenters. The minimum absolute atomic E-state index is 0.206. The molecule has 142 valence electrons. The Hall–Kier alpha value is -1.99. The van der Waals surface area contributed by atoms with Crippen molar-refractivity contribution in [3.63, 3.8) is 0 Å². The molecule has 2 aromatic rings. The first-order valence-electron chi connectivity index (χ1n) is 9.24. The number of anilines is 1. The van der Waals surface area contributed by atoms with Crippen molar-refractivity contribution in [2.45, 2.75) is 39.7 Å². The Morgan fingerprint density at radius 3 is 3.00 bits per heavy atom. The van der Waals surface area contributed by atoms with Crippen molar-refractivity contribution in [2.24, 2.45) is 5.41 Å². The zero-order chi connectivity index (χ0) is 18.6. The molecule has 7 nitrogen and oxygen atoms in total. The summed E-state index contributed by atoms with van der Waals surface area (Å²) in [6, 6.07) is 4.05. The number of nitrogens with one attached hydrogen (secondary N) is 1. The molecule has 0 bridgehead atoms. The van der Waals surface area contributed by atoms with Crippen LogP contribution < -0.4 is 5.32 Å². The number of pyridine rings is 1. The third-order valence-electron chi connectivity index (χ3n) is 4.42. The van der Waals surface area contributed by atoms with Gasteiger partial charge in [-0.2, -0.15) is 4.98 Å². The van der Waals surface area contributed by atoms with Gasteiger partial charge in [0.1, 0.15) is 5.82 Å². The molecule has 0 aromatic carbocycles. The number of ether oxygens (including phenoxy) is 1. The molecule has 1 aliphatic heterocycles. The van der Waals surface area contributed by atoms with Crippen molar-refractivity contribution in [2.75, 3.05) is 38.7 Å². The Balaban J connectivity index is 1.78. The third-order valence-corrected chi connectivity index (χ3v) is 4.42. The van der Waals surface area contributed by atoms with E-state index in [-0.39, 0.29) is 11.5 Å². The van der Waals surface area contributed by atoms with Gasteiger partial charge in [0.05, 0.1) is 18.2 Å². The van der Waals surface area contributed by atoms with Gasteiger partial charge in [-0.15, -0.1) is 0 Å². The summed E-state index contributed by atoms with van der Waals surface area (Å²) in [5, 5.41) is 7.49. The summed E-state index contributed by atoms with van der Waals surface area (Å²) < 4.78 is 10.7. The Morgan fingerprint density at radius 1 is 1.38 bits per heavy atom. The van der Waals surface area contributed by atoms with E-state index in [4.69, 9.17) is 14.2 Å². The van der Waals surface area contributed by atoms with Crippen molar-refractivity contribution in [3.05, 3.63) is 24.2 Å². The minimum atomic E-state index is 0.206. The van der Waals surface area contributed by atoms with Gasteiger partial charge in [0.15, 0.2) is 0 Å². The van der Waals surface area contributed by atoms with Crippen molar-refractivity contribution < 1.29 is 9.26 Å². The lowest BCUT2D eigenvalue weighted by Crippen LogP contribution is -2.32. The van der Waals surface area contributed by atoms with Crippen LogP contribution in [0.3, 0.4) is 0 Å². The smallest absolute Gasteiger partial charge is 0.244 e. The van der Waals surface area contributed by atoms with Crippen LogP contribution in [-0.4, -0.2) is 53.4 Å². The molecule has 2 aromatic heterocycles. The lowest BCUT2D eigenvalue weighted by atomic mass is 9.96. The topological polar surface area (TPSA) is 76.3 Å². The number of methoxy groups -OCH3 is 1. The van der Waals surface area contributed by atoms with Crippen LogP contribution in [0.15, 0.2) is 22.9 Å². The van der Waals surface area contributed by atoms with Gasteiger partial charge in [-0.3, -0.25) is 4.90 Å². The van der Waals surface area contributed by atoms with Crippen LogP contribution in [0, 0.1) is 5.41 Å². The fourth-order valence-corrected chi connectivity index (χ4v) is 3.38. The van der Waals surface area contributed by atoms with Crippen LogP contribution in [0.4, 0.5) is 5.82 Å². The maximum absolute atomic E-state index is 5.65. The van der Waals surface area contributed by atoms with Crippen LogP contribution in [0.1, 0.15) is 45.5 Å². The number of nitrogens with zero attached hydrogens (tertiary/aromatic N) is 4. The van der Waals surface area contributed by atoms with Crippen molar-refractivity contribution in [1.29, 1.82) is 0 Å². The van der Waals surface area contributed by atoms with Gasteiger partial charge in [0.25, 0.3) is 0 Å². The van der Waals surface area contributed by atoms with Gasteiger partial charge < -0.3 is 14.6 Å². The van der Waals surface area contributed by atoms with Gasteiger partial charge in [-0.05, 0) is 36.9 Å². The molecule has 0 saturated carbocycles. The summed E-state index contributed by atoms with van der Waals surface area (Å²) in [7, 11) is 1.68. The second-order valence-corrected chi connectivity index (χ2v) is 7.96. The fourth-order valence-electron chi connectivity index (χ4n) is 3.38. The second kappa shape index (κ2) is 8.14. The fraction of sp³-hybridized carbons (Fsp3) is 0.632. The van der Waals surface area contributed by atoms with Crippen LogP contribution in [0.2, 0.25) is 0 Å². The summed E-state index contributed by atoms with van der Waals surface area (Å²) >= 11 is 0. The quantitative estimate of drug-likeness (QED) is 0.760. The second-order valence-electron chi connectivity index (χ2n) is 7.96.